The van der Waals surface area contributed by atoms with Crippen LogP contribution in [0.5, 0.6) is 0 Å². The maximum atomic E-state index is 12.8. The normalized spacial score (nSPS) is 15.8. The zero-order chi connectivity index (χ0) is 22.6. The molecule has 2 aromatic rings. The summed E-state index contributed by atoms with van der Waals surface area (Å²) in [4.78, 5) is 24.8. The number of hydrogen-bond donors (Lipinski definition) is 1. The Hall–Kier alpha value is -2.17. The van der Waals surface area contributed by atoms with Gasteiger partial charge < -0.3 is 14.8 Å². The summed E-state index contributed by atoms with van der Waals surface area (Å²) in [5.74, 6) is -1.44. The van der Waals surface area contributed by atoms with Crippen molar-refractivity contribution in [2.45, 2.75) is 17.9 Å². The second-order valence-corrected chi connectivity index (χ2v) is 9.49. The average molecular weight is 487 g/mol. The van der Waals surface area contributed by atoms with E-state index in [-0.39, 0.29) is 34.3 Å². The zero-order valence-corrected chi connectivity index (χ0v) is 18.8. The van der Waals surface area contributed by atoms with Gasteiger partial charge in [-0.2, -0.15) is 4.31 Å². The van der Waals surface area contributed by atoms with Crippen LogP contribution in [0.15, 0.2) is 47.4 Å². The van der Waals surface area contributed by atoms with Crippen LogP contribution in [0.1, 0.15) is 17.3 Å². The summed E-state index contributed by atoms with van der Waals surface area (Å²) in [5, 5.41) is 3.00. The minimum Gasteiger partial charge on any atom is -0.449 e. The van der Waals surface area contributed by atoms with Gasteiger partial charge in [0.2, 0.25) is 10.0 Å². The summed E-state index contributed by atoms with van der Waals surface area (Å²) in [6.07, 6.45) is -1.16. The largest absolute Gasteiger partial charge is 0.449 e. The van der Waals surface area contributed by atoms with Gasteiger partial charge in [-0.25, -0.2) is 13.2 Å². The van der Waals surface area contributed by atoms with Crippen molar-refractivity contribution in [3.8, 4) is 0 Å². The maximum Gasteiger partial charge on any atom is 0.340 e. The number of carbonyl (C=O) groups is 2. The number of benzene rings is 2. The Morgan fingerprint density at radius 2 is 1.84 bits per heavy atom. The lowest BCUT2D eigenvalue weighted by molar-refractivity contribution is -0.123. The lowest BCUT2D eigenvalue weighted by Gasteiger charge is -2.26. The van der Waals surface area contributed by atoms with Crippen LogP contribution < -0.4 is 5.32 Å². The molecule has 1 amide bonds. The first-order valence-corrected chi connectivity index (χ1v) is 11.5. The van der Waals surface area contributed by atoms with E-state index in [4.69, 9.17) is 32.7 Å². The Labute approximate surface area is 190 Å². The smallest absolute Gasteiger partial charge is 0.340 e. The minimum atomic E-state index is -3.71. The van der Waals surface area contributed by atoms with Crippen molar-refractivity contribution in [1.82, 2.24) is 4.31 Å². The van der Waals surface area contributed by atoms with E-state index < -0.39 is 28.0 Å². The van der Waals surface area contributed by atoms with Gasteiger partial charge in [-0.05, 0) is 43.3 Å². The molecular weight excluding hydrogens is 467 g/mol. The first-order valence-electron chi connectivity index (χ1n) is 9.33. The number of anilines is 1. The zero-order valence-electron chi connectivity index (χ0n) is 16.5. The lowest BCUT2D eigenvalue weighted by Crippen LogP contribution is -2.40. The van der Waals surface area contributed by atoms with Crippen LogP contribution >= 0.6 is 23.2 Å². The fourth-order valence-electron chi connectivity index (χ4n) is 2.85. The molecular formula is C20H20Cl2N2O6S. The van der Waals surface area contributed by atoms with Gasteiger partial charge in [-0.3, -0.25) is 4.79 Å². The summed E-state index contributed by atoms with van der Waals surface area (Å²) in [5.41, 5.74) is 0.287. The second-order valence-electron chi connectivity index (χ2n) is 6.71. The lowest BCUT2D eigenvalue weighted by atomic mass is 10.2. The van der Waals surface area contributed by atoms with Crippen molar-refractivity contribution in [3.63, 3.8) is 0 Å². The third-order valence-corrected chi connectivity index (χ3v) is 6.97. The SMILES string of the molecule is C[C@@H](OC(=O)c1cc(Cl)ccc1Cl)C(=O)Nc1cccc(S(=O)(=O)N2CCOCC2)c1. The van der Waals surface area contributed by atoms with E-state index in [0.29, 0.717) is 18.2 Å². The van der Waals surface area contributed by atoms with E-state index >= 15 is 0 Å². The van der Waals surface area contributed by atoms with E-state index in [2.05, 4.69) is 5.32 Å². The Morgan fingerprint density at radius 3 is 2.55 bits per heavy atom. The number of sulfonamides is 1. The maximum absolute atomic E-state index is 12.8. The van der Waals surface area contributed by atoms with Gasteiger partial charge in [0.1, 0.15) is 0 Å². The topological polar surface area (TPSA) is 102 Å². The van der Waals surface area contributed by atoms with Gasteiger partial charge in [-0.1, -0.05) is 29.3 Å². The molecule has 0 spiro atoms. The number of esters is 1. The van der Waals surface area contributed by atoms with Gasteiger partial charge in [0.05, 0.1) is 28.7 Å². The first-order chi connectivity index (χ1) is 14.7. The molecule has 1 aliphatic rings. The van der Waals surface area contributed by atoms with Crippen molar-refractivity contribution >= 4 is 50.8 Å². The molecule has 11 heteroatoms. The third kappa shape index (κ3) is 5.75. The quantitative estimate of drug-likeness (QED) is 0.628. The number of rotatable bonds is 6. The molecule has 166 valence electrons. The van der Waals surface area contributed by atoms with Crippen LogP contribution in [0, 0.1) is 0 Å². The van der Waals surface area contributed by atoms with E-state index in [1.54, 1.807) is 6.07 Å². The first kappa shape index (κ1) is 23.5. The Bertz CT molecular complexity index is 1090. The monoisotopic (exact) mass is 486 g/mol. The van der Waals surface area contributed by atoms with E-state index in [1.165, 1.54) is 47.6 Å². The van der Waals surface area contributed by atoms with E-state index in [1.807, 2.05) is 0 Å². The summed E-state index contributed by atoms with van der Waals surface area (Å²) in [6, 6.07) is 10.2. The molecule has 0 bridgehead atoms. The number of amides is 1. The highest BCUT2D eigenvalue weighted by Crippen LogP contribution is 2.23. The second kappa shape index (κ2) is 9.97. The summed E-state index contributed by atoms with van der Waals surface area (Å²) in [7, 11) is -3.71. The highest BCUT2D eigenvalue weighted by Gasteiger charge is 2.27. The fraction of sp³-hybridized carbons (Fsp3) is 0.300. The van der Waals surface area contributed by atoms with Gasteiger partial charge in [0, 0.05) is 23.8 Å². The average Bonchev–Trinajstić information content (AvgIpc) is 2.76. The number of nitrogens with zero attached hydrogens (tertiary/aromatic N) is 1. The van der Waals surface area contributed by atoms with Gasteiger partial charge in [0.15, 0.2) is 6.10 Å². The summed E-state index contributed by atoms with van der Waals surface area (Å²) < 4.78 is 37.3. The minimum absolute atomic E-state index is 0.0346. The van der Waals surface area contributed by atoms with Crippen LogP contribution in [0.3, 0.4) is 0 Å². The molecule has 1 atom stereocenters. The molecule has 0 aromatic heterocycles. The van der Waals surface area contributed by atoms with Crippen molar-refractivity contribution in [2.24, 2.45) is 0 Å². The Balaban J connectivity index is 1.68. The molecule has 31 heavy (non-hydrogen) atoms. The number of ether oxygens (including phenoxy) is 2. The predicted octanol–water partition coefficient (Wildman–Crippen LogP) is 3.20. The molecule has 0 aliphatic carbocycles. The van der Waals surface area contributed by atoms with Crippen molar-refractivity contribution in [3.05, 3.63) is 58.1 Å². The molecule has 1 fully saturated rings. The van der Waals surface area contributed by atoms with Crippen molar-refractivity contribution in [1.29, 1.82) is 0 Å². The van der Waals surface area contributed by atoms with Crippen LogP contribution in [0.25, 0.3) is 0 Å². The number of nitrogens with one attached hydrogen (secondary N) is 1. The van der Waals surface area contributed by atoms with Crippen molar-refractivity contribution in [2.75, 3.05) is 31.6 Å². The molecule has 3 rings (SSSR count). The van der Waals surface area contributed by atoms with Gasteiger partial charge in [0.25, 0.3) is 5.91 Å². The molecule has 2 aromatic carbocycles. The van der Waals surface area contributed by atoms with Crippen LogP contribution in [0.4, 0.5) is 5.69 Å². The summed E-state index contributed by atoms with van der Waals surface area (Å²) in [6.45, 7) is 2.57. The van der Waals surface area contributed by atoms with Gasteiger partial charge in [-0.15, -0.1) is 0 Å². The number of morpholine rings is 1. The summed E-state index contributed by atoms with van der Waals surface area (Å²) >= 11 is 11.8. The Morgan fingerprint density at radius 1 is 1.13 bits per heavy atom. The molecule has 0 radical (unpaired) electrons. The molecule has 1 aliphatic heterocycles. The molecule has 1 heterocycles. The number of halogens is 2. The highest BCUT2D eigenvalue weighted by atomic mass is 35.5. The van der Waals surface area contributed by atoms with Crippen LogP contribution in [0.2, 0.25) is 10.0 Å². The highest BCUT2D eigenvalue weighted by molar-refractivity contribution is 7.89. The molecule has 8 nitrogen and oxygen atoms in total. The van der Waals surface area contributed by atoms with E-state index in [9.17, 15) is 18.0 Å². The standard InChI is InChI=1S/C20H20Cl2N2O6S/c1-13(30-20(26)17-11-14(21)5-6-18(17)22)19(25)23-15-3-2-4-16(12-15)31(27,28)24-7-9-29-10-8-24/h2-6,11-13H,7-10H2,1H3,(H,23,25)/t13-/m1/s1. The molecule has 1 saturated heterocycles. The number of hydrogen-bond acceptors (Lipinski definition) is 6. The fourth-order valence-corrected chi connectivity index (χ4v) is 4.67. The van der Waals surface area contributed by atoms with Gasteiger partial charge >= 0.3 is 5.97 Å². The molecule has 1 N–H and O–H groups in total. The predicted molar refractivity (Wildman–Crippen MR) is 116 cm³/mol. The molecule has 0 unspecified atom stereocenters. The third-order valence-electron chi connectivity index (χ3n) is 4.51. The number of carbonyl (C=O) groups excluding carboxylic acids is 2. The van der Waals surface area contributed by atoms with Crippen LogP contribution in [-0.2, 0) is 24.3 Å². The van der Waals surface area contributed by atoms with E-state index in [0.717, 1.165) is 0 Å². The van der Waals surface area contributed by atoms with Crippen LogP contribution in [-0.4, -0.2) is 57.0 Å². The Kier molecular flexibility index (Phi) is 7.55. The van der Waals surface area contributed by atoms with Crippen molar-refractivity contribution < 1.29 is 27.5 Å². The molecule has 0 saturated carbocycles.